The molecule has 68 valence electrons. The van der Waals surface area contributed by atoms with Crippen LogP contribution in [-0.2, 0) is 0 Å². The summed E-state index contributed by atoms with van der Waals surface area (Å²) in [6, 6.07) is 6.00. The fourth-order valence-electron chi connectivity index (χ4n) is 0.976. The molecule has 0 aliphatic carbocycles. The van der Waals surface area contributed by atoms with Gasteiger partial charge in [-0.25, -0.2) is 0 Å². The van der Waals surface area contributed by atoms with Crippen molar-refractivity contribution in [2.75, 3.05) is 11.9 Å². The molecule has 4 nitrogen and oxygen atoms in total. The van der Waals surface area contributed by atoms with E-state index in [4.69, 9.17) is 5.26 Å². The fourth-order valence-corrected chi connectivity index (χ4v) is 0.976. The van der Waals surface area contributed by atoms with Crippen molar-refractivity contribution in [1.82, 2.24) is 10.2 Å². The number of hydrogen-bond donors (Lipinski definition) is 0. The maximum absolute atomic E-state index is 8.52. The second-order valence-corrected chi connectivity index (χ2v) is 2.90. The molecule has 1 aromatic rings. The summed E-state index contributed by atoms with van der Waals surface area (Å²) in [5.41, 5.74) is 0. The van der Waals surface area contributed by atoms with Gasteiger partial charge >= 0.3 is 0 Å². The van der Waals surface area contributed by atoms with Crippen molar-refractivity contribution in [1.29, 1.82) is 5.26 Å². The van der Waals surface area contributed by atoms with Crippen LogP contribution in [-0.4, -0.2) is 23.3 Å². The lowest BCUT2D eigenvalue weighted by Crippen LogP contribution is -2.29. The second-order valence-electron chi connectivity index (χ2n) is 2.90. The summed E-state index contributed by atoms with van der Waals surface area (Å²) in [5, 5.41) is 16.2. The van der Waals surface area contributed by atoms with Crippen molar-refractivity contribution in [2.24, 2.45) is 0 Å². The molecule has 13 heavy (non-hydrogen) atoms. The molecule has 0 bridgehead atoms. The predicted octanol–water partition coefficient (Wildman–Crippen LogP) is 1.21. The molecule has 4 heteroatoms. The summed E-state index contributed by atoms with van der Waals surface area (Å²) in [4.78, 5) is 1.94. The first kappa shape index (κ1) is 9.46. The van der Waals surface area contributed by atoms with Crippen molar-refractivity contribution in [3.63, 3.8) is 0 Å². The number of nitrogens with zero attached hydrogens (tertiary/aromatic N) is 4. The van der Waals surface area contributed by atoms with Crippen LogP contribution in [0.3, 0.4) is 0 Å². The molecule has 0 N–H and O–H groups in total. The third kappa shape index (κ3) is 2.41. The summed E-state index contributed by atoms with van der Waals surface area (Å²) >= 11 is 0. The molecule has 0 aromatic carbocycles. The fraction of sp³-hybridized carbons (Fsp3) is 0.444. The number of rotatable bonds is 3. The van der Waals surface area contributed by atoms with Gasteiger partial charge in [0.25, 0.3) is 0 Å². The second kappa shape index (κ2) is 4.41. The Morgan fingerprint density at radius 2 is 2.46 bits per heavy atom. The molecule has 1 rings (SSSR count). The van der Waals surface area contributed by atoms with Gasteiger partial charge < -0.3 is 4.90 Å². The third-order valence-corrected chi connectivity index (χ3v) is 1.97. The molecule has 0 saturated heterocycles. The van der Waals surface area contributed by atoms with Crippen LogP contribution >= 0.6 is 0 Å². The van der Waals surface area contributed by atoms with Gasteiger partial charge in [0, 0.05) is 19.3 Å². The molecule has 0 spiro atoms. The quantitative estimate of drug-likeness (QED) is 0.694. The lowest BCUT2D eigenvalue weighted by Gasteiger charge is -2.22. The van der Waals surface area contributed by atoms with Crippen molar-refractivity contribution in [2.45, 2.75) is 19.4 Å². The van der Waals surface area contributed by atoms with E-state index in [1.807, 2.05) is 31.0 Å². The van der Waals surface area contributed by atoms with E-state index in [1.165, 1.54) is 0 Å². The minimum Gasteiger partial charge on any atom is -0.354 e. The minimum atomic E-state index is 0.168. The first-order chi connectivity index (χ1) is 6.25. The highest BCUT2D eigenvalue weighted by molar-refractivity contribution is 5.36. The summed E-state index contributed by atoms with van der Waals surface area (Å²) in [6.45, 7) is 1.98. The minimum absolute atomic E-state index is 0.168. The van der Waals surface area contributed by atoms with Crippen molar-refractivity contribution < 1.29 is 0 Å². The molecule has 0 aliphatic rings. The standard InChI is InChI=1S/C9H12N4/c1-8(5-6-10)13(2)9-4-3-7-11-12-9/h3-4,7-8H,5H2,1-2H3. The first-order valence-corrected chi connectivity index (χ1v) is 4.13. The zero-order chi connectivity index (χ0) is 9.68. The number of hydrogen-bond acceptors (Lipinski definition) is 4. The molecule has 0 aliphatic heterocycles. The van der Waals surface area contributed by atoms with Crippen molar-refractivity contribution >= 4 is 5.82 Å². The van der Waals surface area contributed by atoms with Crippen LogP contribution in [0.15, 0.2) is 18.3 Å². The summed E-state index contributed by atoms with van der Waals surface area (Å²) in [6.07, 6.45) is 2.12. The van der Waals surface area contributed by atoms with E-state index in [9.17, 15) is 0 Å². The molecule has 0 saturated carbocycles. The zero-order valence-electron chi connectivity index (χ0n) is 7.81. The molecule has 1 unspecified atom stereocenters. The smallest absolute Gasteiger partial charge is 0.151 e. The first-order valence-electron chi connectivity index (χ1n) is 4.13. The molecule has 0 radical (unpaired) electrons. The Kier molecular flexibility index (Phi) is 3.21. The molecule has 1 heterocycles. The molecular formula is C9H12N4. The zero-order valence-corrected chi connectivity index (χ0v) is 7.81. The van der Waals surface area contributed by atoms with Crippen LogP contribution in [0.25, 0.3) is 0 Å². The van der Waals surface area contributed by atoms with Gasteiger partial charge in [-0.1, -0.05) is 0 Å². The van der Waals surface area contributed by atoms with Gasteiger partial charge in [0.1, 0.15) is 0 Å². The lowest BCUT2D eigenvalue weighted by molar-refractivity contribution is 0.688. The van der Waals surface area contributed by atoms with E-state index in [2.05, 4.69) is 16.3 Å². The van der Waals surface area contributed by atoms with Gasteiger partial charge in [-0.2, -0.15) is 10.4 Å². The average molecular weight is 176 g/mol. The Hall–Kier alpha value is -1.63. The van der Waals surface area contributed by atoms with Crippen LogP contribution in [0.5, 0.6) is 0 Å². The van der Waals surface area contributed by atoms with Gasteiger partial charge in [0.2, 0.25) is 0 Å². The largest absolute Gasteiger partial charge is 0.354 e. The Balaban J connectivity index is 2.69. The van der Waals surface area contributed by atoms with E-state index in [-0.39, 0.29) is 6.04 Å². The Morgan fingerprint density at radius 1 is 1.69 bits per heavy atom. The Bertz CT molecular complexity index is 290. The maximum Gasteiger partial charge on any atom is 0.151 e. The summed E-state index contributed by atoms with van der Waals surface area (Å²) < 4.78 is 0. The van der Waals surface area contributed by atoms with E-state index in [0.29, 0.717) is 6.42 Å². The summed E-state index contributed by atoms with van der Waals surface area (Å²) in [5.74, 6) is 0.797. The Labute approximate surface area is 77.8 Å². The van der Waals surface area contributed by atoms with Gasteiger partial charge in [-0.3, -0.25) is 0 Å². The van der Waals surface area contributed by atoms with Gasteiger partial charge in [-0.05, 0) is 19.1 Å². The monoisotopic (exact) mass is 176 g/mol. The van der Waals surface area contributed by atoms with Crippen molar-refractivity contribution in [3.8, 4) is 6.07 Å². The Morgan fingerprint density at radius 3 is 3.00 bits per heavy atom. The van der Waals surface area contributed by atoms with Crippen LogP contribution in [0.4, 0.5) is 5.82 Å². The van der Waals surface area contributed by atoms with E-state index in [1.54, 1.807) is 6.20 Å². The normalized spacial score (nSPS) is 11.8. The number of nitriles is 1. The van der Waals surface area contributed by atoms with Gasteiger partial charge in [0.05, 0.1) is 12.5 Å². The van der Waals surface area contributed by atoms with Crippen LogP contribution in [0.2, 0.25) is 0 Å². The highest BCUT2D eigenvalue weighted by Crippen LogP contribution is 2.10. The van der Waals surface area contributed by atoms with Crippen molar-refractivity contribution in [3.05, 3.63) is 18.3 Å². The number of aromatic nitrogens is 2. The maximum atomic E-state index is 8.52. The van der Waals surface area contributed by atoms with E-state index >= 15 is 0 Å². The van der Waals surface area contributed by atoms with E-state index < -0.39 is 0 Å². The highest BCUT2D eigenvalue weighted by Gasteiger charge is 2.09. The van der Waals surface area contributed by atoms with Gasteiger partial charge in [0.15, 0.2) is 5.82 Å². The van der Waals surface area contributed by atoms with Crippen LogP contribution in [0.1, 0.15) is 13.3 Å². The van der Waals surface area contributed by atoms with Crippen LogP contribution < -0.4 is 4.90 Å². The molecule has 1 atom stereocenters. The van der Waals surface area contributed by atoms with Gasteiger partial charge in [-0.15, -0.1) is 5.10 Å². The lowest BCUT2D eigenvalue weighted by atomic mass is 10.2. The van der Waals surface area contributed by atoms with Crippen LogP contribution in [0, 0.1) is 11.3 Å². The molecule has 1 aromatic heterocycles. The number of anilines is 1. The summed E-state index contributed by atoms with van der Waals surface area (Å²) in [7, 11) is 1.91. The molecule has 0 amide bonds. The predicted molar refractivity (Wildman–Crippen MR) is 50.1 cm³/mol. The molecular weight excluding hydrogens is 164 g/mol. The highest BCUT2D eigenvalue weighted by atomic mass is 15.3. The molecule has 0 fully saturated rings. The average Bonchev–Trinajstić information content (AvgIpc) is 2.18. The topological polar surface area (TPSA) is 52.8 Å². The van der Waals surface area contributed by atoms with E-state index in [0.717, 1.165) is 5.82 Å². The SMILES string of the molecule is CC(CC#N)N(C)c1cccnn1. The third-order valence-electron chi connectivity index (χ3n) is 1.97.